The maximum Gasteiger partial charge on any atom is 0.140 e. The number of nitrogens with zero attached hydrogens (tertiary/aromatic N) is 2. The zero-order valence-corrected chi connectivity index (χ0v) is 13.0. The summed E-state index contributed by atoms with van der Waals surface area (Å²) < 4.78 is 0.252. The molecule has 0 amide bonds. The van der Waals surface area contributed by atoms with Gasteiger partial charge in [0, 0.05) is 23.1 Å². The second-order valence-electron chi connectivity index (χ2n) is 5.34. The van der Waals surface area contributed by atoms with Crippen molar-refractivity contribution in [2.75, 3.05) is 11.9 Å². The van der Waals surface area contributed by atoms with E-state index in [1.165, 1.54) is 0 Å². The van der Waals surface area contributed by atoms with E-state index in [1.54, 1.807) is 0 Å². The molecule has 18 heavy (non-hydrogen) atoms. The summed E-state index contributed by atoms with van der Waals surface area (Å²) in [5.74, 6) is 2.77. The van der Waals surface area contributed by atoms with Crippen LogP contribution in [-0.2, 0) is 12.2 Å². The van der Waals surface area contributed by atoms with Crippen LogP contribution in [0.2, 0.25) is 0 Å². The van der Waals surface area contributed by atoms with Crippen LogP contribution in [0, 0.1) is 0 Å². The molecule has 0 radical (unpaired) electrons. The molecule has 0 saturated heterocycles. The monoisotopic (exact) mass is 267 g/mol. The number of thioether (sulfide) groups is 1. The van der Waals surface area contributed by atoms with Gasteiger partial charge in [-0.3, -0.25) is 0 Å². The molecule has 0 bridgehead atoms. The highest BCUT2D eigenvalue weighted by Crippen LogP contribution is 2.26. The molecule has 0 aliphatic carbocycles. The Hall–Kier alpha value is -0.770. The highest BCUT2D eigenvalue weighted by molar-refractivity contribution is 7.99. The van der Waals surface area contributed by atoms with Crippen LogP contribution >= 0.6 is 11.8 Å². The first kappa shape index (κ1) is 15.3. The maximum atomic E-state index is 4.64. The largest absolute Gasteiger partial charge is 0.370 e. The third-order valence-corrected chi connectivity index (χ3v) is 3.59. The van der Waals surface area contributed by atoms with Crippen molar-refractivity contribution in [3.8, 4) is 0 Å². The van der Waals surface area contributed by atoms with Crippen LogP contribution in [0.4, 0.5) is 5.82 Å². The highest BCUT2D eigenvalue weighted by Gasteiger charge is 2.12. The fourth-order valence-electron chi connectivity index (χ4n) is 1.55. The van der Waals surface area contributed by atoms with Gasteiger partial charge in [0.25, 0.3) is 0 Å². The summed E-state index contributed by atoms with van der Waals surface area (Å²) in [6.07, 6.45) is 2.14. The lowest BCUT2D eigenvalue weighted by Gasteiger charge is -2.17. The van der Waals surface area contributed by atoms with Gasteiger partial charge in [0.1, 0.15) is 11.6 Å². The molecule has 1 N–H and O–H groups in total. The number of aryl methyl sites for hydroxylation is 1. The topological polar surface area (TPSA) is 37.8 Å². The van der Waals surface area contributed by atoms with E-state index in [9.17, 15) is 0 Å². The Morgan fingerprint density at radius 3 is 2.50 bits per heavy atom. The van der Waals surface area contributed by atoms with Gasteiger partial charge in [0.05, 0.1) is 5.75 Å². The van der Waals surface area contributed by atoms with Crippen LogP contribution in [0.3, 0.4) is 0 Å². The summed E-state index contributed by atoms with van der Waals surface area (Å²) in [6.45, 7) is 11.8. The van der Waals surface area contributed by atoms with Crippen LogP contribution in [0.1, 0.15) is 52.6 Å². The molecule has 0 aromatic carbocycles. The van der Waals surface area contributed by atoms with E-state index in [1.807, 2.05) is 11.8 Å². The summed E-state index contributed by atoms with van der Waals surface area (Å²) in [6, 6.07) is 2.07. The van der Waals surface area contributed by atoms with E-state index >= 15 is 0 Å². The lowest BCUT2D eigenvalue weighted by Crippen LogP contribution is -2.10. The molecular formula is C14H25N3S. The Balaban J connectivity index is 2.81. The van der Waals surface area contributed by atoms with E-state index in [0.29, 0.717) is 0 Å². The second kappa shape index (κ2) is 6.98. The highest BCUT2D eigenvalue weighted by atomic mass is 32.2. The Bertz CT molecular complexity index is 348. The maximum absolute atomic E-state index is 4.64. The molecule has 0 spiro atoms. The van der Waals surface area contributed by atoms with Crippen LogP contribution < -0.4 is 5.32 Å². The molecule has 0 aliphatic heterocycles. The third kappa shape index (κ3) is 5.71. The van der Waals surface area contributed by atoms with Crippen molar-refractivity contribution >= 4 is 17.6 Å². The first-order valence-electron chi connectivity index (χ1n) is 6.69. The van der Waals surface area contributed by atoms with Crippen molar-refractivity contribution in [1.29, 1.82) is 0 Å². The molecular weight excluding hydrogens is 242 g/mol. The summed E-state index contributed by atoms with van der Waals surface area (Å²) in [4.78, 5) is 9.20. The Kier molecular flexibility index (Phi) is 5.93. The first-order valence-corrected chi connectivity index (χ1v) is 7.68. The molecule has 1 rings (SSSR count). The predicted octanol–water partition coefficient (Wildman–Crippen LogP) is 3.89. The normalized spacial score (nSPS) is 11.6. The summed E-state index contributed by atoms with van der Waals surface area (Å²) in [7, 11) is 0. The van der Waals surface area contributed by atoms with Crippen molar-refractivity contribution in [3.05, 3.63) is 17.6 Å². The molecule has 1 heterocycles. The molecule has 0 unspecified atom stereocenters. The van der Waals surface area contributed by atoms with Crippen LogP contribution in [0.5, 0.6) is 0 Å². The van der Waals surface area contributed by atoms with Gasteiger partial charge < -0.3 is 5.32 Å². The molecule has 0 aliphatic rings. The van der Waals surface area contributed by atoms with Gasteiger partial charge >= 0.3 is 0 Å². The average Bonchev–Trinajstić information content (AvgIpc) is 2.26. The quantitative estimate of drug-likeness (QED) is 0.848. The summed E-state index contributed by atoms with van der Waals surface area (Å²) in [5.41, 5.74) is 1.15. The Morgan fingerprint density at radius 1 is 1.22 bits per heavy atom. The molecule has 1 aromatic heterocycles. The molecule has 0 fully saturated rings. The fourth-order valence-corrected chi connectivity index (χ4v) is 2.24. The van der Waals surface area contributed by atoms with Gasteiger partial charge in [-0.25, -0.2) is 9.97 Å². The number of anilines is 1. The number of hydrogen-bond acceptors (Lipinski definition) is 4. The van der Waals surface area contributed by atoms with Crippen molar-refractivity contribution in [1.82, 2.24) is 9.97 Å². The second-order valence-corrected chi connectivity index (χ2v) is 7.14. The number of nitrogens with one attached hydrogen (secondary N) is 1. The average molecular weight is 267 g/mol. The third-order valence-electron chi connectivity index (χ3n) is 2.32. The molecule has 3 nitrogen and oxygen atoms in total. The minimum Gasteiger partial charge on any atom is -0.370 e. The number of hydrogen-bond donors (Lipinski definition) is 1. The van der Waals surface area contributed by atoms with E-state index in [2.05, 4.69) is 56.0 Å². The van der Waals surface area contributed by atoms with E-state index in [4.69, 9.17) is 0 Å². The van der Waals surface area contributed by atoms with Crippen molar-refractivity contribution < 1.29 is 0 Å². The summed E-state index contributed by atoms with van der Waals surface area (Å²) >= 11 is 1.89. The summed E-state index contributed by atoms with van der Waals surface area (Å²) in [5, 5.41) is 3.28. The Labute approximate surface area is 115 Å². The predicted molar refractivity (Wildman–Crippen MR) is 81.2 cm³/mol. The number of rotatable bonds is 6. The molecule has 0 atom stereocenters. The molecule has 1 aromatic rings. The van der Waals surface area contributed by atoms with Gasteiger partial charge in [0.15, 0.2) is 0 Å². The van der Waals surface area contributed by atoms with E-state index in [-0.39, 0.29) is 4.75 Å². The fraction of sp³-hybridized carbons (Fsp3) is 0.714. The smallest absolute Gasteiger partial charge is 0.140 e. The minimum atomic E-state index is 0.252. The molecule has 4 heteroatoms. The van der Waals surface area contributed by atoms with Gasteiger partial charge in [-0.1, -0.05) is 34.1 Å². The zero-order chi connectivity index (χ0) is 13.6. The van der Waals surface area contributed by atoms with Gasteiger partial charge in [-0.2, -0.15) is 0 Å². The van der Waals surface area contributed by atoms with Crippen molar-refractivity contribution in [2.45, 2.75) is 58.0 Å². The first-order chi connectivity index (χ1) is 8.44. The Morgan fingerprint density at radius 2 is 1.94 bits per heavy atom. The zero-order valence-electron chi connectivity index (χ0n) is 12.2. The van der Waals surface area contributed by atoms with Crippen molar-refractivity contribution in [2.24, 2.45) is 0 Å². The lowest BCUT2D eigenvalue weighted by molar-refractivity contribution is 0.797. The SMILES string of the molecule is CCCc1cc(NCC)nc(CSC(C)(C)C)n1. The van der Waals surface area contributed by atoms with E-state index in [0.717, 1.165) is 42.5 Å². The standard InChI is InChI=1S/C14H25N3S/c1-6-8-11-9-12(15-7-2)17-13(16-11)10-18-14(3,4)5/h9H,6-8,10H2,1-5H3,(H,15,16,17). The molecule has 0 saturated carbocycles. The van der Waals surface area contributed by atoms with Gasteiger partial charge in [-0.05, 0) is 13.3 Å². The number of aromatic nitrogens is 2. The van der Waals surface area contributed by atoms with Gasteiger partial charge in [-0.15, -0.1) is 11.8 Å². The lowest BCUT2D eigenvalue weighted by atomic mass is 10.2. The molecule has 102 valence electrons. The van der Waals surface area contributed by atoms with Gasteiger partial charge in [0.2, 0.25) is 0 Å². The van der Waals surface area contributed by atoms with Crippen LogP contribution in [-0.4, -0.2) is 21.3 Å². The van der Waals surface area contributed by atoms with Crippen LogP contribution in [0.25, 0.3) is 0 Å². The van der Waals surface area contributed by atoms with Crippen LogP contribution in [0.15, 0.2) is 6.07 Å². The van der Waals surface area contributed by atoms with Crippen molar-refractivity contribution in [3.63, 3.8) is 0 Å². The van der Waals surface area contributed by atoms with E-state index < -0.39 is 0 Å². The minimum absolute atomic E-state index is 0.252.